The number of halogens is 2. The van der Waals surface area contributed by atoms with Gasteiger partial charge in [-0.05, 0) is 55.1 Å². The van der Waals surface area contributed by atoms with Gasteiger partial charge < -0.3 is 20.9 Å². The van der Waals surface area contributed by atoms with Crippen molar-refractivity contribution >= 4 is 35.7 Å². The predicted octanol–water partition coefficient (Wildman–Crippen LogP) is 3.92. The third kappa shape index (κ3) is 4.91. The van der Waals surface area contributed by atoms with Crippen LogP contribution in [0.15, 0.2) is 42.5 Å². The van der Waals surface area contributed by atoms with Crippen molar-refractivity contribution < 1.29 is 14.0 Å². The van der Waals surface area contributed by atoms with Crippen LogP contribution in [-0.4, -0.2) is 36.0 Å². The fourth-order valence-electron chi connectivity index (χ4n) is 4.04. The highest BCUT2D eigenvalue weighted by Gasteiger charge is 2.29. The number of piperidine rings is 1. The van der Waals surface area contributed by atoms with E-state index in [1.807, 2.05) is 23.1 Å². The molecule has 1 fully saturated rings. The van der Waals surface area contributed by atoms with Gasteiger partial charge in [-0.25, -0.2) is 9.18 Å². The zero-order valence-corrected chi connectivity index (χ0v) is 17.4. The Morgan fingerprint density at radius 2 is 1.80 bits per heavy atom. The summed E-state index contributed by atoms with van der Waals surface area (Å²) >= 11 is 0. The van der Waals surface area contributed by atoms with Crippen LogP contribution in [0.4, 0.5) is 20.6 Å². The van der Waals surface area contributed by atoms with Crippen LogP contribution in [0.3, 0.4) is 0 Å². The average Bonchev–Trinajstić information content (AvgIpc) is 2.75. The Bertz CT molecular complexity index is 918. The van der Waals surface area contributed by atoms with Gasteiger partial charge in [0.1, 0.15) is 5.82 Å². The summed E-state index contributed by atoms with van der Waals surface area (Å²) in [6, 6.07) is 11.2. The molecule has 0 aliphatic carbocycles. The van der Waals surface area contributed by atoms with Crippen molar-refractivity contribution in [2.24, 2.45) is 0 Å². The molecule has 2 aromatic rings. The molecule has 1 atom stereocenters. The average molecular weight is 433 g/mol. The summed E-state index contributed by atoms with van der Waals surface area (Å²) in [7, 11) is 0. The third-order valence-electron chi connectivity index (χ3n) is 5.56. The van der Waals surface area contributed by atoms with E-state index in [2.05, 4.69) is 16.0 Å². The molecule has 1 unspecified atom stereocenters. The number of anilines is 2. The first-order valence-electron chi connectivity index (χ1n) is 10.1. The normalized spacial score (nSPS) is 18.0. The van der Waals surface area contributed by atoms with Crippen molar-refractivity contribution in [3.8, 4) is 0 Å². The molecule has 8 heteroatoms. The number of nitrogens with one attached hydrogen (secondary N) is 3. The Morgan fingerprint density at radius 1 is 1.03 bits per heavy atom. The minimum Gasteiger partial charge on any atom is -0.337 e. The molecule has 160 valence electrons. The molecule has 1 saturated heterocycles. The van der Waals surface area contributed by atoms with Crippen molar-refractivity contribution in [1.82, 2.24) is 10.2 Å². The first-order chi connectivity index (χ1) is 14.1. The lowest BCUT2D eigenvalue weighted by atomic mass is 9.96. The lowest BCUT2D eigenvalue weighted by Crippen LogP contribution is -2.49. The van der Waals surface area contributed by atoms with Gasteiger partial charge in [-0.15, -0.1) is 12.4 Å². The van der Waals surface area contributed by atoms with E-state index in [-0.39, 0.29) is 30.0 Å². The molecule has 6 nitrogen and oxygen atoms in total. The van der Waals surface area contributed by atoms with Crippen LogP contribution in [-0.2, 0) is 17.8 Å². The summed E-state index contributed by atoms with van der Waals surface area (Å²) in [5, 5.41) is 8.68. The molecule has 2 aliphatic rings. The molecule has 0 bridgehead atoms. The zero-order valence-electron chi connectivity index (χ0n) is 16.6. The van der Waals surface area contributed by atoms with Crippen LogP contribution >= 0.6 is 12.4 Å². The van der Waals surface area contributed by atoms with Crippen molar-refractivity contribution in [3.05, 3.63) is 59.4 Å². The summed E-state index contributed by atoms with van der Waals surface area (Å²) < 4.78 is 13.7. The first-order valence-corrected chi connectivity index (χ1v) is 10.1. The highest BCUT2D eigenvalue weighted by Crippen LogP contribution is 2.27. The van der Waals surface area contributed by atoms with Crippen molar-refractivity contribution in [3.63, 3.8) is 0 Å². The van der Waals surface area contributed by atoms with E-state index < -0.39 is 11.8 Å². The smallest absolute Gasteiger partial charge is 0.323 e. The van der Waals surface area contributed by atoms with E-state index in [0.717, 1.165) is 36.9 Å². The van der Waals surface area contributed by atoms with E-state index in [0.29, 0.717) is 25.2 Å². The highest BCUT2D eigenvalue weighted by molar-refractivity contribution is 6.00. The van der Waals surface area contributed by atoms with Gasteiger partial charge in [-0.2, -0.15) is 0 Å². The number of carbonyl (C=O) groups is 2. The molecule has 2 aromatic carbocycles. The van der Waals surface area contributed by atoms with Gasteiger partial charge in [-0.1, -0.05) is 30.7 Å². The van der Waals surface area contributed by atoms with Gasteiger partial charge in [0.05, 0.1) is 11.7 Å². The van der Waals surface area contributed by atoms with E-state index in [4.69, 9.17) is 0 Å². The fraction of sp³-hybridized carbons (Fsp3) is 0.364. The van der Waals surface area contributed by atoms with Crippen LogP contribution in [0, 0.1) is 5.82 Å². The van der Waals surface area contributed by atoms with Gasteiger partial charge in [0, 0.05) is 18.8 Å². The lowest BCUT2D eigenvalue weighted by Gasteiger charge is -2.34. The van der Waals surface area contributed by atoms with E-state index in [9.17, 15) is 14.0 Å². The number of rotatable bonds is 3. The van der Waals surface area contributed by atoms with Crippen molar-refractivity contribution in [1.29, 1.82) is 0 Å². The highest BCUT2D eigenvalue weighted by atomic mass is 35.5. The van der Waals surface area contributed by atoms with Crippen LogP contribution in [0.1, 0.15) is 30.4 Å². The van der Waals surface area contributed by atoms with Crippen LogP contribution in [0.25, 0.3) is 0 Å². The summed E-state index contributed by atoms with van der Waals surface area (Å²) in [6.45, 7) is 2.06. The molecule has 0 spiro atoms. The molecule has 0 aromatic heterocycles. The SMILES string of the molecule is Cl.O=C(Nc1ccccc1F)Nc1cccc2c1CCN(C(=O)C1CCCCN1)C2. The quantitative estimate of drug-likeness (QED) is 0.688. The summed E-state index contributed by atoms with van der Waals surface area (Å²) in [4.78, 5) is 27.0. The molecular formula is C22H26ClFN4O2. The number of hydrogen-bond donors (Lipinski definition) is 3. The van der Waals surface area contributed by atoms with Gasteiger partial charge >= 0.3 is 6.03 Å². The molecule has 30 heavy (non-hydrogen) atoms. The Labute approximate surface area is 181 Å². The third-order valence-corrected chi connectivity index (χ3v) is 5.56. The maximum Gasteiger partial charge on any atom is 0.323 e. The molecular weight excluding hydrogens is 407 g/mol. The van der Waals surface area contributed by atoms with E-state index in [1.165, 1.54) is 12.1 Å². The predicted molar refractivity (Wildman–Crippen MR) is 117 cm³/mol. The number of amides is 3. The Hall–Kier alpha value is -2.64. The summed E-state index contributed by atoms with van der Waals surface area (Å²) in [5.41, 5.74) is 2.88. The van der Waals surface area contributed by atoms with Gasteiger partial charge in [-0.3, -0.25) is 4.79 Å². The number of fused-ring (bicyclic) bond motifs is 1. The van der Waals surface area contributed by atoms with Crippen molar-refractivity contribution in [2.75, 3.05) is 23.7 Å². The number of hydrogen-bond acceptors (Lipinski definition) is 3. The lowest BCUT2D eigenvalue weighted by molar-refractivity contribution is -0.135. The van der Waals surface area contributed by atoms with Crippen molar-refractivity contribution in [2.45, 2.75) is 38.3 Å². The molecule has 2 heterocycles. The number of nitrogens with zero attached hydrogens (tertiary/aromatic N) is 1. The maximum absolute atomic E-state index is 13.7. The fourth-order valence-corrected chi connectivity index (χ4v) is 4.04. The van der Waals surface area contributed by atoms with Crippen LogP contribution < -0.4 is 16.0 Å². The molecule has 2 aliphatic heterocycles. The van der Waals surface area contributed by atoms with Gasteiger partial charge in [0.2, 0.25) is 5.91 Å². The Morgan fingerprint density at radius 3 is 2.57 bits per heavy atom. The standard InChI is InChI=1S/C22H25FN4O2.ClH/c23-17-7-1-2-8-19(17)26-22(29)25-18-10-5-6-15-14-27(13-11-16(15)18)21(28)20-9-3-4-12-24-20;/h1-2,5-8,10,20,24H,3-4,9,11-14H2,(H2,25,26,29);1H. The molecule has 3 N–H and O–H groups in total. The van der Waals surface area contributed by atoms with Crippen LogP contribution in [0.5, 0.6) is 0 Å². The first kappa shape index (κ1) is 22.1. The second-order valence-electron chi connectivity index (χ2n) is 7.51. The van der Waals surface area contributed by atoms with Gasteiger partial charge in [0.25, 0.3) is 0 Å². The summed E-state index contributed by atoms with van der Waals surface area (Å²) in [5.74, 6) is -0.325. The Kier molecular flexibility index (Phi) is 7.29. The minimum atomic E-state index is -0.492. The van der Waals surface area contributed by atoms with Crippen LogP contribution in [0.2, 0.25) is 0 Å². The number of carbonyl (C=O) groups excluding carboxylic acids is 2. The monoisotopic (exact) mass is 432 g/mol. The zero-order chi connectivity index (χ0) is 20.2. The molecule has 0 radical (unpaired) electrons. The maximum atomic E-state index is 13.7. The van der Waals surface area contributed by atoms with Gasteiger partial charge in [0.15, 0.2) is 0 Å². The second kappa shape index (κ2) is 9.91. The molecule has 4 rings (SSSR count). The molecule has 0 saturated carbocycles. The topological polar surface area (TPSA) is 73.5 Å². The summed E-state index contributed by atoms with van der Waals surface area (Å²) in [6.07, 6.45) is 3.76. The number of para-hydroxylation sites is 1. The number of urea groups is 1. The largest absolute Gasteiger partial charge is 0.337 e. The van der Waals surface area contributed by atoms with E-state index in [1.54, 1.807) is 12.1 Å². The minimum absolute atomic E-state index is 0. The second-order valence-corrected chi connectivity index (χ2v) is 7.51. The Balaban J connectivity index is 0.00000256. The number of benzene rings is 2. The van der Waals surface area contributed by atoms with E-state index >= 15 is 0 Å². The molecule has 3 amide bonds.